The molecule has 0 saturated heterocycles. The molecule has 1 heterocycles. The van der Waals surface area contributed by atoms with Crippen LogP contribution in [0.2, 0.25) is 0 Å². The smallest absolute Gasteiger partial charge is 0.323 e. The Bertz CT molecular complexity index is 409. The van der Waals surface area contributed by atoms with Crippen LogP contribution in [0.4, 0.5) is 11.9 Å². The SMILES string of the molecule is CCC1CC1Nc1nc(NC)nc(OC(C)C)n1. The van der Waals surface area contributed by atoms with Gasteiger partial charge in [0.15, 0.2) is 0 Å². The summed E-state index contributed by atoms with van der Waals surface area (Å²) in [7, 11) is 1.78. The van der Waals surface area contributed by atoms with Gasteiger partial charge in [-0.3, -0.25) is 0 Å². The van der Waals surface area contributed by atoms with E-state index < -0.39 is 0 Å². The van der Waals surface area contributed by atoms with Gasteiger partial charge in [0.2, 0.25) is 11.9 Å². The number of anilines is 2. The van der Waals surface area contributed by atoms with E-state index in [1.54, 1.807) is 7.05 Å². The molecule has 100 valence electrons. The molecule has 1 saturated carbocycles. The summed E-state index contributed by atoms with van der Waals surface area (Å²) in [6.45, 7) is 6.10. The third-order valence-corrected chi connectivity index (χ3v) is 2.94. The van der Waals surface area contributed by atoms with Crippen molar-refractivity contribution in [3.8, 4) is 6.01 Å². The molecule has 18 heavy (non-hydrogen) atoms. The van der Waals surface area contributed by atoms with Crippen LogP contribution >= 0.6 is 0 Å². The molecule has 2 rings (SSSR count). The number of rotatable bonds is 6. The Balaban J connectivity index is 2.08. The standard InChI is InChI=1S/C12H21N5O/c1-5-8-6-9(8)14-11-15-10(13-4)16-12(17-11)18-7(2)3/h7-9H,5-6H2,1-4H3,(H2,13,14,15,16,17). The Morgan fingerprint density at radius 2 is 2.00 bits per heavy atom. The molecule has 0 radical (unpaired) electrons. The van der Waals surface area contributed by atoms with E-state index in [1.165, 1.54) is 12.8 Å². The van der Waals surface area contributed by atoms with Crippen molar-refractivity contribution in [2.45, 2.75) is 45.8 Å². The molecule has 1 aromatic rings. The summed E-state index contributed by atoms with van der Waals surface area (Å²) in [5, 5.41) is 6.24. The molecule has 1 fully saturated rings. The van der Waals surface area contributed by atoms with E-state index >= 15 is 0 Å². The highest BCUT2D eigenvalue weighted by molar-refractivity contribution is 5.37. The molecule has 0 amide bonds. The van der Waals surface area contributed by atoms with Gasteiger partial charge in [-0.2, -0.15) is 15.0 Å². The van der Waals surface area contributed by atoms with E-state index in [2.05, 4.69) is 32.5 Å². The molecule has 1 aromatic heterocycles. The minimum absolute atomic E-state index is 0.0503. The van der Waals surface area contributed by atoms with E-state index in [0.29, 0.717) is 23.9 Å². The van der Waals surface area contributed by atoms with Crippen molar-refractivity contribution in [2.75, 3.05) is 17.7 Å². The summed E-state index contributed by atoms with van der Waals surface area (Å²) in [5.74, 6) is 1.86. The summed E-state index contributed by atoms with van der Waals surface area (Å²) in [5.41, 5.74) is 0. The van der Waals surface area contributed by atoms with Crippen molar-refractivity contribution >= 4 is 11.9 Å². The number of aromatic nitrogens is 3. The van der Waals surface area contributed by atoms with Crippen LogP contribution in [0.15, 0.2) is 0 Å². The highest BCUT2D eigenvalue weighted by atomic mass is 16.5. The van der Waals surface area contributed by atoms with E-state index in [0.717, 1.165) is 5.92 Å². The van der Waals surface area contributed by atoms with E-state index in [9.17, 15) is 0 Å². The third-order valence-electron chi connectivity index (χ3n) is 2.94. The summed E-state index contributed by atoms with van der Waals surface area (Å²) in [6.07, 6.45) is 2.43. The second-order valence-corrected chi connectivity index (χ2v) is 4.84. The maximum atomic E-state index is 5.51. The van der Waals surface area contributed by atoms with Crippen molar-refractivity contribution in [3.63, 3.8) is 0 Å². The van der Waals surface area contributed by atoms with Gasteiger partial charge in [-0.1, -0.05) is 13.3 Å². The molecule has 6 nitrogen and oxygen atoms in total. The Kier molecular flexibility index (Phi) is 3.84. The van der Waals surface area contributed by atoms with E-state index in [1.807, 2.05) is 13.8 Å². The minimum atomic E-state index is 0.0503. The molecule has 0 bridgehead atoms. The summed E-state index contributed by atoms with van der Waals surface area (Å²) < 4.78 is 5.51. The molecule has 2 unspecified atom stereocenters. The molecule has 0 spiro atoms. The lowest BCUT2D eigenvalue weighted by molar-refractivity contribution is 0.222. The number of hydrogen-bond donors (Lipinski definition) is 2. The number of ether oxygens (including phenoxy) is 1. The fourth-order valence-corrected chi connectivity index (χ4v) is 1.84. The number of hydrogen-bond acceptors (Lipinski definition) is 6. The molecule has 2 atom stereocenters. The topological polar surface area (TPSA) is 72.0 Å². The quantitative estimate of drug-likeness (QED) is 0.804. The van der Waals surface area contributed by atoms with E-state index in [-0.39, 0.29) is 6.10 Å². The van der Waals surface area contributed by atoms with Crippen LogP contribution in [0.25, 0.3) is 0 Å². The fraction of sp³-hybridized carbons (Fsp3) is 0.750. The molecular weight excluding hydrogens is 230 g/mol. The second-order valence-electron chi connectivity index (χ2n) is 4.84. The van der Waals surface area contributed by atoms with Crippen molar-refractivity contribution < 1.29 is 4.74 Å². The third kappa shape index (κ3) is 3.21. The van der Waals surface area contributed by atoms with Gasteiger partial charge in [-0.25, -0.2) is 0 Å². The van der Waals surface area contributed by atoms with Gasteiger partial charge in [0, 0.05) is 13.1 Å². The zero-order chi connectivity index (χ0) is 13.1. The van der Waals surface area contributed by atoms with Crippen LogP contribution in [0.1, 0.15) is 33.6 Å². The van der Waals surface area contributed by atoms with Crippen LogP contribution in [0, 0.1) is 5.92 Å². The van der Waals surface area contributed by atoms with Crippen molar-refractivity contribution in [1.29, 1.82) is 0 Å². The predicted molar refractivity (Wildman–Crippen MR) is 70.9 cm³/mol. The molecule has 2 N–H and O–H groups in total. The van der Waals surface area contributed by atoms with Crippen LogP contribution < -0.4 is 15.4 Å². The number of nitrogens with one attached hydrogen (secondary N) is 2. The number of nitrogens with zero attached hydrogens (tertiary/aromatic N) is 3. The van der Waals surface area contributed by atoms with E-state index in [4.69, 9.17) is 4.74 Å². The molecule has 0 aliphatic heterocycles. The Morgan fingerprint density at radius 1 is 1.28 bits per heavy atom. The van der Waals surface area contributed by atoms with Gasteiger partial charge in [0.25, 0.3) is 0 Å². The fourth-order valence-electron chi connectivity index (χ4n) is 1.84. The Hall–Kier alpha value is -1.59. The van der Waals surface area contributed by atoms with Gasteiger partial charge in [0.05, 0.1) is 6.10 Å². The highest BCUT2D eigenvalue weighted by Gasteiger charge is 2.35. The molecule has 6 heteroatoms. The lowest BCUT2D eigenvalue weighted by Crippen LogP contribution is -2.14. The van der Waals surface area contributed by atoms with Crippen molar-refractivity contribution in [2.24, 2.45) is 5.92 Å². The van der Waals surface area contributed by atoms with Crippen molar-refractivity contribution in [1.82, 2.24) is 15.0 Å². The zero-order valence-electron chi connectivity index (χ0n) is 11.4. The lowest BCUT2D eigenvalue weighted by atomic mass is 10.3. The van der Waals surface area contributed by atoms with Gasteiger partial charge in [-0.05, 0) is 26.2 Å². The van der Waals surface area contributed by atoms with Crippen LogP contribution in [0.3, 0.4) is 0 Å². The molecule has 1 aliphatic rings. The van der Waals surface area contributed by atoms with Gasteiger partial charge >= 0.3 is 6.01 Å². The largest absolute Gasteiger partial charge is 0.461 e. The minimum Gasteiger partial charge on any atom is -0.461 e. The Morgan fingerprint density at radius 3 is 2.56 bits per heavy atom. The molecule has 0 aromatic carbocycles. The van der Waals surface area contributed by atoms with Crippen LogP contribution in [-0.4, -0.2) is 34.1 Å². The predicted octanol–water partition coefficient (Wildman–Crippen LogP) is 1.91. The molecular formula is C12H21N5O. The first-order valence-electron chi connectivity index (χ1n) is 6.49. The van der Waals surface area contributed by atoms with Gasteiger partial charge in [0.1, 0.15) is 0 Å². The summed E-state index contributed by atoms with van der Waals surface area (Å²) in [4.78, 5) is 12.7. The zero-order valence-corrected chi connectivity index (χ0v) is 11.4. The first kappa shape index (κ1) is 12.9. The average Bonchev–Trinajstić information content (AvgIpc) is 3.06. The van der Waals surface area contributed by atoms with Crippen LogP contribution in [-0.2, 0) is 0 Å². The monoisotopic (exact) mass is 251 g/mol. The van der Waals surface area contributed by atoms with Crippen LogP contribution in [0.5, 0.6) is 6.01 Å². The first-order chi connectivity index (χ1) is 8.62. The second kappa shape index (κ2) is 5.37. The van der Waals surface area contributed by atoms with Gasteiger partial charge < -0.3 is 15.4 Å². The summed E-state index contributed by atoms with van der Waals surface area (Å²) >= 11 is 0. The maximum absolute atomic E-state index is 5.51. The van der Waals surface area contributed by atoms with Crippen molar-refractivity contribution in [3.05, 3.63) is 0 Å². The van der Waals surface area contributed by atoms with Gasteiger partial charge in [-0.15, -0.1) is 0 Å². The highest BCUT2D eigenvalue weighted by Crippen LogP contribution is 2.35. The maximum Gasteiger partial charge on any atom is 0.323 e. The normalized spacial score (nSPS) is 21.8. The molecule has 1 aliphatic carbocycles. The Labute approximate surface area is 108 Å². The lowest BCUT2D eigenvalue weighted by Gasteiger charge is -2.11. The average molecular weight is 251 g/mol. The first-order valence-corrected chi connectivity index (χ1v) is 6.49. The summed E-state index contributed by atoms with van der Waals surface area (Å²) in [6, 6.07) is 0.856.